The van der Waals surface area contributed by atoms with Gasteiger partial charge in [0.15, 0.2) is 51.7 Å². The second-order valence-electron chi connectivity index (χ2n) is 17.8. The molecule has 20 nitrogen and oxygen atoms in total. The fourth-order valence-electron chi connectivity index (χ4n) is 10.1. The molecule has 0 saturated carbocycles. The van der Waals surface area contributed by atoms with Crippen molar-refractivity contribution in [2.24, 2.45) is 0 Å². The number of hydrogen-bond donors (Lipinski definition) is 18. The van der Waals surface area contributed by atoms with Gasteiger partial charge in [0.2, 0.25) is 40.2 Å². The molecule has 0 atom stereocenters. The molecule has 0 aliphatic carbocycles. The summed E-state index contributed by atoms with van der Waals surface area (Å²) >= 11 is 6.33. The van der Waals surface area contributed by atoms with Crippen LogP contribution in [0.15, 0.2) is 115 Å². The largest absolute Gasteiger partial charge is 0.505 e. The Hall–Kier alpha value is -11.0. The minimum absolute atomic E-state index is 0.0190. The van der Waals surface area contributed by atoms with E-state index < -0.39 is 125 Å². The van der Waals surface area contributed by atoms with Crippen LogP contribution in [-0.4, -0.2) is 86.8 Å². The molecule has 0 aliphatic heterocycles. The van der Waals surface area contributed by atoms with Crippen LogP contribution in [0.25, 0.3) is 65.3 Å². The van der Waals surface area contributed by atoms with Crippen LogP contribution in [0.4, 0.5) is 39.8 Å². The average Bonchev–Trinajstić information content (AvgIpc) is 3.50. The van der Waals surface area contributed by atoms with Gasteiger partial charge < -0.3 is 102 Å². The first-order chi connectivity index (χ1) is 36.7. The van der Waals surface area contributed by atoms with Gasteiger partial charge in [-0.25, -0.2) is 0 Å². The van der Waals surface area contributed by atoms with Crippen molar-refractivity contribution in [3.8, 4) is 120 Å². The number of phenols is 17. The summed E-state index contributed by atoms with van der Waals surface area (Å²) in [5.74, 6) is -16.5. The highest BCUT2D eigenvalue weighted by Crippen LogP contribution is 2.61. The van der Waals surface area contributed by atoms with Crippen LogP contribution < -0.4 is 15.5 Å². The quantitative estimate of drug-likeness (QED) is 0.0221. The number of phenolic OH excluding ortho intramolecular Hbond substituents is 17. The molecule has 0 spiro atoms. The molecule has 0 amide bonds. The van der Waals surface area contributed by atoms with E-state index in [-0.39, 0.29) is 39.4 Å². The lowest BCUT2D eigenvalue weighted by atomic mass is 9.88. The summed E-state index contributed by atoms with van der Waals surface area (Å²) in [7, 11) is 0. The van der Waals surface area contributed by atoms with Crippen molar-refractivity contribution in [1.82, 2.24) is 0 Å². The van der Waals surface area contributed by atoms with Gasteiger partial charge in [0.05, 0.1) is 27.5 Å². The van der Waals surface area contributed by atoms with Crippen LogP contribution in [-0.2, 0) is 0 Å². The summed E-state index contributed by atoms with van der Waals surface area (Å²) in [5.41, 5.74) is 4.80. The number of nitrogens with zero attached hydrogens (tertiary/aromatic N) is 2. The second-order valence-corrected chi connectivity index (χ2v) is 18.2. The van der Waals surface area contributed by atoms with Gasteiger partial charge in [0.1, 0.15) is 22.8 Å². The summed E-state index contributed by atoms with van der Waals surface area (Å²) in [6, 6.07) is 29.5. The Bertz CT molecular complexity index is 4240. The number of halogens is 1. The van der Waals surface area contributed by atoms with Crippen LogP contribution in [0, 0.1) is 0 Å². The van der Waals surface area contributed by atoms with E-state index in [1.54, 1.807) is 48.5 Å². The molecule has 19 N–H and O–H groups in total. The first-order valence-corrected chi connectivity index (χ1v) is 23.0. The summed E-state index contributed by atoms with van der Waals surface area (Å²) in [4.78, 5) is 2.70. The third-order valence-corrected chi connectivity index (χ3v) is 14.1. The van der Waals surface area contributed by atoms with Crippen LogP contribution >= 0.6 is 11.6 Å². The number of nitrogens with two attached hydrogens (primary N) is 1. The Balaban J connectivity index is 1.14. The van der Waals surface area contributed by atoms with E-state index in [9.17, 15) is 86.8 Å². The molecule has 11 rings (SSSR count). The van der Waals surface area contributed by atoms with Gasteiger partial charge in [-0.05, 0) is 79.8 Å². The smallest absolute Gasteiger partial charge is 0.208 e. The van der Waals surface area contributed by atoms with E-state index in [0.717, 1.165) is 6.07 Å². The number of rotatable bonds is 8. The van der Waals surface area contributed by atoms with E-state index in [2.05, 4.69) is 0 Å². The number of aromatic hydroxyl groups is 17. The molecular weight excluding hydrogens is 1020 g/mol. The Labute approximate surface area is 435 Å². The molecule has 0 bridgehead atoms. The van der Waals surface area contributed by atoms with Crippen molar-refractivity contribution in [2.45, 2.75) is 0 Å². The molecule has 11 aromatic carbocycles. The van der Waals surface area contributed by atoms with E-state index in [0.29, 0.717) is 43.1 Å². The van der Waals surface area contributed by atoms with Gasteiger partial charge in [-0.2, -0.15) is 0 Å². The molecular formula is C56H38ClN3O17. The van der Waals surface area contributed by atoms with E-state index in [1.165, 1.54) is 58.3 Å². The zero-order valence-electron chi connectivity index (χ0n) is 38.9. The molecule has 386 valence electrons. The van der Waals surface area contributed by atoms with Crippen molar-refractivity contribution in [3.05, 3.63) is 120 Å². The van der Waals surface area contributed by atoms with Crippen LogP contribution in [0.2, 0.25) is 5.02 Å². The first-order valence-electron chi connectivity index (χ1n) is 22.7. The van der Waals surface area contributed by atoms with Crippen molar-refractivity contribution in [3.63, 3.8) is 0 Å². The number of anilines is 7. The minimum Gasteiger partial charge on any atom is -0.505 e. The maximum atomic E-state index is 11.6. The van der Waals surface area contributed by atoms with Crippen molar-refractivity contribution >= 4 is 94.5 Å². The van der Waals surface area contributed by atoms with E-state index in [1.807, 2.05) is 12.1 Å². The van der Waals surface area contributed by atoms with Crippen molar-refractivity contribution < 1.29 is 86.8 Å². The summed E-state index contributed by atoms with van der Waals surface area (Å²) in [6.07, 6.45) is 0. The van der Waals surface area contributed by atoms with E-state index >= 15 is 0 Å². The van der Waals surface area contributed by atoms with Gasteiger partial charge in [-0.3, -0.25) is 0 Å². The lowest BCUT2D eigenvalue weighted by Crippen LogP contribution is -2.12. The highest BCUT2D eigenvalue weighted by molar-refractivity contribution is 6.36. The normalized spacial score (nSPS) is 11.6. The van der Waals surface area contributed by atoms with Crippen LogP contribution in [0.5, 0.6) is 97.7 Å². The van der Waals surface area contributed by atoms with E-state index in [4.69, 9.17) is 17.3 Å². The maximum absolute atomic E-state index is 11.6. The standard InChI is InChI=1S/C56H38ClN3O17/c57-38-34(43(64)51(72)54(75)46(38)67)20-7-11-23(12-8-20)60(41-47(68)39(58)48(69)55(76)50(41)71)31-18-16-27-24-3-1-5-28-30(17-15-26(36(24)28)25-4-2-6-29(31)37(25)27)59(40-32(61)19-33(62)42(63)49(40)70)22-13-9-21(10-14-22)35-44(65)52(73)56(77)53(74)45(35)66/h1-19,61-77H,58H2. The summed E-state index contributed by atoms with van der Waals surface area (Å²) in [5, 5.41) is 187. The Kier molecular flexibility index (Phi) is 10.7. The lowest BCUT2D eigenvalue weighted by Gasteiger charge is -2.30. The van der Waals surface area contributed by atoms with Crippen LogP contribution in [0.3, 0.4) is 0 Å². The molecule has 0 fully saturated rings. The van der Waals surface area contributed by atoms with Gasteiger partial charge in [0, 0.05) is 28.2 Å². The fourth-order valence-corrected chi connectivity index (χ4v) is 10.3. The zero-order valence-corrected chi connectivity index (χ0v) is 39.7. The van der Waals surface area contributed by atoms with Gasteiger partial charge in [-0.15, -0.1) is 0 Å². The monoisotopic (exact) mass is 1060 g/mol. The maximum Gasteiger partial charge on any atom is 0.208 e. The topological polar surface area (TPSA) is 376 Å². The Morgan fingerprint density at radius 2 is 0.688 bits per heavy atom. The van der Waals surface area contributed by atoms with Gasteiger partial charge in [-0.1, -0.05) is 84.4 Å². The molecule has 0 radical (unpaired) electrons. The van der Waals surface area contributed by atoms with Gasteiger partial charge in [0.25, 0.3) is 0 Å². The predicted octanol–water partition coefficient (Wildman–Crippen LogP) is 11.2. The first kappa shape index (κ1) is 48.3. The second kappa shape index (κ2) is 17.0. The SMILES string of the molecule is Nc1c(O)c(O)c(O)c(N(c2ccc(-c3c(O)c(O)c(O)c(O)c3Cl)cc2)c2ccc3c4cccc5c(N(c6ccc(-c7c(O)c(O)c(O)c(O)c7O)cc6)c6c(O)cc(O)c(O)c6O)ccc(c6cccc2c63)c54)c1O. The zero-order chi connectivity index (χ0) is 55.0. The summed E-state index contributed by atoms with van der Waals surface area (Å²) in [6.45, 7) is 0. The third-order valence-electron chi connectivity index (χ3n) is 13.7. The minimum atomic E-state index is -1.16. The highest BCUT2D eigenvalue weighted by Gasteiger charge is 2.33. The predicted molar refractivity (Wildman–Crippen MR) is 286 cm³/mol. The molecule has 0 heterocycles. The molecule has 21 heteroatoms. The number of benzene rings is 11. The molecule has 0 aromatic heterocycles. The van der Waals surface area contributed by atoms with Crippen LogP contribution in [0.1, 0.15) is 0 Å². The summed E-state index contributed by atoms with van der Waals surface area (Å²) < 4.78 is 0. The highest BCUT2D eigenvalue weighted by atomic mass is 35.5. The molecule has 0 unspecified atom stereocenters. The van der Waals surface area contributed by atoms with Crippen molar-refractivity contribution in [2.75, 3.05) is 15.5 Å². The third kappa shape index (κ3) is 6.79. The molecule has 0 saturated heterocycles. The fraction of sp³-hybridized carbons (Fsp3) is 0. The van der Waals surface area contributed by atoms with Crippen molar-refractivity contribution in [1.29, 1.82) is 0 Å². The van der Waals surface area contributed by atoms with Gasteiger partial charge >= 0.3 is 0 Å². The lowest BCUT2D eigenvalue weighted by molar-refractivity contribution is 0.330. The average molecular weight is 1060 g/mol. The number of nitrogen functional groups attached to an aromatic ring is 1. The molecule has 11 aromatic rings. The molecule has 77 heavy (non-hydrogen) atoms. The Morgan fingerprint density at radius 3 is 1.18 bits per heavy atom. The number of hydrogen-bond acceptors (Lipinski definition) is 20. The Morgan fingerprint density at radius 1 is 0.312 bits per heavy atom. The number of fused-ring (bicyclic) bond motifs is 2. The molecule has 0 aliphatic rings.